The van der Waals surface area contributed by atoms with Crippen molar-refractivity contribution in [3.05, 3.63) is 51.6 Å². The molecule has 2 aliphatic heterocycles. The number of nitrogens with zero attached hydrogens (tertiary/aromatic N) is 4. The van der Waals surface area contributed by atoms with Crippen molar-refractivity contribution in [2.75, 3.05) is 31.1 Å². The fourth-order valence-corrected chi connectivity index (χ4v) is 4.70. The number of fused-ring (bicyclic) bond motifs is 3. The molecule has 0 radical (unpaired) electrons. The van der Waals surface area contributed by atoms with Gasteiger partial charge in [-0.1, -0.05) is 6.92 Å². The summed E-state index contributed by atoms with van der Waals surface area (Å²) in [5.74, 6) is 1.99. The van der Waals surface area contributed by atoms with Crippen molar-refractivity contribution in [1.82, 2.24) is 19.4 Å². The van der Waals surface area contributed by atoms with Crippen LogP contribution in [-0.2, 0) is 20.0 Å². The van der Waals surface area contributed by atoms with Crippen molar-refractivity contribution in [3.8, 4) is 5.75 Å². The second-order valence-electron chi connectivity index (χ2n) is 8.49. The van der Waals surface area contributed by atoms with Crippen LogP contribution in [0.15, 0.2) is 29.2 Å². The Balaban J connectivity index is 1.43. The van der Waals surface area contributed by atoms with Gasteiger partial charge < -0.3 is 19.2 Å². The smallest absolute Gasteiger partial charge is 0.251 e. The first-order valence-electron chi connectivity index (χ1n) is 10.8. The zero-order valence-electron chi connectivity index (χ0n) is 17.9. The Kier molecular flexibility index (Phi) is 4.77. The maximum Gasteiger partial charge on any atom is 0.251 e. The van der Waals surface area contributed by atoms with E-state index >= 15 is 0 Å². The van der Waals surface area contributed by atoms with Crippen LogP contribution in [0.2, 0.25) is 0 Å². The minimum Gasteiger partial charge on any atom is -0.493 e. The molecule has 5 rings (SSSR count). The van der Waals surface area contributed by atoms with Crippen molar-refractivity contribution in [2.24, 2.45) is 7.05 Å². The van der Waals surface area contributed by atoms with Gasteiger partial charge in [-0.2, -0.15) is 0 Å². The lowest BCUT2D eigenvalue weighted by Gasteiger charge is -2.43. The molecule has 0 spiro atoms. The number of H-pyrrole nitrogens is 1. The summed E-state index contributed by atoms with van der Waals surface area (Å²) >= 11 is 0. The van der Waals surface area contributed by atoms with Crippen molar-refractivity contribution in [2.45, 2.75) is 39.3 Å². The number of aromatic amines is 1. The molecule has 30 heavy (non-hydrogen) atoms. The fraction of sp³-hybridized carbons (Fsp3) is 0.478. The van der Waals surface area contributed by atoms with Crippen LogP contribution in [0.1, 0.15) is 30.2 Å². The summed E-state index contributed by atoms with van der Waals surface area (Å²) in [5.41, 5.74) is 4.03. The number of hydrogen-bond acceptors (Lipinski definition) is 5. The van der Waals surface area contributed by atoms with Gasteiger partial charge in [-0.3, -0.25) is 9.69 Å². The third kappa shape index (κ3) is 3.27. The molecule has 3 aromatic rings. The van der Waals surface area contributed by atoms with Crippen LogP contribution in [0.4, 0.5) is 5.95 Å². The Morgan fingerprint density at radius 3 is 2.90 bits per heavy atom. The minimum absolute atomic E-state index is 0.00793. The molecule has 0 saturated carbocycles. The summed E-state index contributed by atoms with van der Waals surface area (Å²) in [4.78, 5) is 24.9. The van der Waals surface area contributed by atoms with E-state index in [1.54, 1.807) is 0 Å². The lowest BCUT2D eigenvalue weighted by Crippen LogP contribution is -2.54. The molecule has 0 aliphatic carbocycles. The standard InChI is InChI=1S/C23H29N5O2/c1-4-16-9-17-11-21-18(10-20(17)25-22(16)29)13-27-6-7-28(14-19(27)5-8-30-21)23-24-12-15(2)26(23)3/h9-12,19H,4-8,13-14H2,1-3H3,(H,25,29)/t19-/m1/s1. The molecule has 4 heterocycles. The second-order valence-corrected chi connectivity index (χ2v) is 8.49. The highest BCUT2D eigenvalue weighted by Crippen LogP contribution is 2.31. The highest BCUT2D eigenvalue weighted by Gasteiger charge is 2.31. The van der Waals surface area contributed by atoms with Crippen LogP contribution in [0.5, 0.6) is 5.75 Å². The minimum atomic E-state index is 0.00793. The zero-order valence-corrected chi connectivity index (χ0v) is 17.9. The Bertz CT molecular complexity index is 1150. The van der Waals surface area contributed by atoms with Gasteiger partial charge in [-0.05, 0) is 38.0 Å². The number of hydrogen-bond donors (Lipinski definition) is 1. The molecule has 2 aliphatic rings. The number of benzene rings is 1. The Labute approximate surface area is 176 Å². The molecular weight excluding hydrogens is 378 g/mol. The molecule has 1 saturated heterocycles. The predicted octanol–water partition coefficient (Wildman–Crippen LogP) is 2.61. The first kappa shape index (κ1) is 19.2. The zero-order chi connectivity index (χ0) is 20.8. The van der Waals surface area contributed by atoms with E-state index in [1.807, 2.05) is 19.2 Å². The van der Waals surface area contributed by atoms with E-state index in [-0.39, 0.29) is 5.56 Å². The van der Waals surface area contributed by atoms with Gasteiger partial charge >= 0.3 is 0 Å². The molecule has 2 aromatic heterocycles. The molecule has 1 fully saturated rings. The number of aryl methyl sites for hydroxylation is 2. The molecule has 7 nitrogen and oxygen atoms in total. The highest BCUT2D eigenvalue weighted by molar-refractivity contribution is 5.82. The van der Waals surface area contributed by atoms with E-state index in [0.29, 0.717) is 12.6 Å². The Morgan fingerprint density at radius 2 is 2.13 bits per heavy atom. The van der Waals surface area contributed by atoms with E-state index in [1.165, 1.54) is 5.69 Å². The molecule has 158 valence electrons. The summed E-state index contributed by atoms with van der Waals surface area (Å²) < 4.78 is 8.36. The monoisotopic (exact) mass is 407 g/mol. The van der Waals surface area contributed by atoms with E-state index in [9.17, 15) is 4.79 Å². The second kappa shape index (κ2) is 7.47. The molecular formula is C23H29N5O2. The molecule has 1 atom stereocenters. The fourth-order valence-electron chi connectivity index (χ4n) is 4.70. The van der Waals surface area contributed by atoms with Crippen LogP contribution < -0.4 is 15.2 Å². The van der Waals surface area contributed by atoms with E-state index in [2.05, 4.69) is 50.4 Å². The van der Waals surface area contributed by atoms with Crippen LogP contribution in [0.25, 0.3) is 10.9 Å². The number of piperazine rings is 1. The summed E-state index contributed by atoms with van der Waals surface area (Å²) in [5, 5.41) is 1.04. The van der Waals surface area contributed by atoms with Crippen molar-refractivity contribution < 1.29 is 4.74 Å². The van der Waals surface area contributed by atoms with Gasteiger partial charge in [-0.25, -0.2) is 4.98 Å². The van der Waals surface area contributed by atoms with Crippen LogP contribution >= 0.6 is 0 Å². The molecule has 7 heteroatoms. The Hall–Kier alpha value is -2.80. The first-order valence-corrected chi connectivity index (χ1v) is 10.8. The van der Waals surface area contributed by atoms with Gasteiger partial charge in [0, 0.05) is 67.0 Å². The van der Waals surface area contributed by atoms with Crippen LogP contribution in [-0.4, -0.2) is 51.7 Å². The topological polar surface area (TPSA) is 66.4 Å². The van der Waals surface area contributed by atoms with Gasteiger partial charge in [-0.15, -0.1) is 0 Å². The average Bonchev–Trinajstić information content (AvgIpc) is 3.06. The molecule has 0 unspecified atom stereocenters. The average molecular weight is 408 g/mol. The third-order valence-corrected chi connectivity index (χ3v) is 6.65. The van der Waals surface area contributed by atoms with Gasteiger partial charge in [0.05, 0.1) is 12.8 Å². The predicted molar refractivity (Wildman–Crippen MR) is 118 cm³/mol. The number of ether oxygens (including phenoxy) is 1. The maximum absolute atomic E-state index is 12.3. The van der Waals surface area contributed by atoms with Crippen molar-refractivity contribution >= 4 is 16.9 Å². The molecule has 1 N–H and O–H groups in total. The number of nitrogens with one attached hydrogen (secondary N) is 1. The largest absolute Gasteiger partial charge is 0.493 e. The highest BCUT2D eigenvalue weighted by atomic mass is 16.5. The van der Waals surface area contributed by atoms with Crippen LogP contribution in [0, 0.1) is 6.92 Å². The van der Waals surface area contributed by atoms with Gasteiger partial charge in [0.2, 0.25) is 5.95 Å². The SMILES string of the molecule is CCc1cc2cc3c(cc2[nH]c1=O)CN1CCN(c2ncc(C)n2C)C[C@H]1CCO3. The summed E-state index contributed by atoms with van der Waals surface area (Å²) in [6.07, 6.45) is 3.66. The molecule has 0 amide bonds. The summed E-state index contributed by atoms with van der Waals surface area (Å²) in [7, 11) is 2.08. The lowest BCUT2D eigenvalue weighted by molar-refractivity contribution is 0.126. The quantitative estimate of drug-likeness (QED) is 0.707. The number of imidazole rings is 1. The van der Waals surface area contributed by atoms with E-state index < -0.39 is 0 Å². The van der Waals surface area contributed by atoms with E-state index in [0.717, 1.165) is 72.7 Å². The molecule has 0 bridgehead atoms. The number of pyridine rings is 1. The number of rotatable bonds is 2. The normalized spacial score (nSPS) is 19.7. The van der Waals surface area contributed by atoms with Gasteiger partial charge in [0.1, 0.15) is 5.75 Å². The maximum atomic E-state index is 12.3. The number of aromatic nitrogens is 3. The number of anilines is 1. The van der Waals surface area contributed by atoms with Gasteiger partial charge in [0.25, 0.3) is 5.56 Å². The summed E-state index contributed by atoms with van der Waals surface area (Å²) in [6.45, 7) is 8.52. The Morgan fingerprint density at radius 1 is 1.27 bits per heavy atom. The van der Waals surface area contributed by atoms with Crippen LogP contribution in [0.3, 0.4) is 0 Å². The third-order valence-electron chi connectivity index (χ3n) is 6.65. The van der Waals surface area contributed by atoms with Gasteiger partial charge in [0.15, 0.2) is 0 Å². The summed E-state index contributed by atoms with van der Waals surface area (Å²) in [6, 6.07) is 6.60. The van der Waals surface area contributed by atoms with Crippen molar-refractivity contribution in [1.29, 1.82) is 0 Å². The van der Waals surface area contributed by atoms with Crippen molar-refractivity contribution in [3.63, 3.8) is 0 Å². The van der Waals surface area contributed by atoms with E-state index in [4.69, 9.17) is 4.74 Å². The molecule has 1 aromatic carbocycles. The first-order chi connectivity index (χ1) is 14.5. The lowest BCUT2D eigenvalue weighted by atomic mass is 10.0.